The molecule has 0 bridgehead atoms. The summed E-state index contributed by atoms with van der Waals surface area (Å²) in [5.74, 6) is 0.508. The van der Waals surface area contributed by atoms with Crippen LogP contribution in [0.5, 0.6) is 5.75 Å². The van der Waals surface area contributed by atoms with Crippen molar-refractivity contribution in [3.63, 3.8) is 0 Å². The van der Waals surface area contributed by atoms with Gasteiger partial charge in [-0.25, -0.2) is 0 Å². The summed E-state index contributed by atoms with van der Waals surface area (Å²) in [4.78, 5) is 39.0. The third kappa shape index (κ3) is 10.3. The Labute approximate surface area is 255 Å². The van der Waals surface area contributed by atoms with E-state index in [2.05, 4.69) is 35.1 Å². The lowest BCUT2D eigenvalue weighted by Gasteiger charge is -2.32. The molecule has 42 heavy (non-hydrogen) atoms. The highest BCUT2D eigenvalue weighted by Crippen LogP contribution is 2.30. The molecule has 0 aromatic heterocycles. The van der Waals surface area contributed by atoms with Crippen molar-refractivity contribution in [3.05, 3.63) is 70.8 Å². The third-order valence-electron chi connectivity index (χ3n) is 7.39. The number of rotatable bonds is 17. The number of halogens is 1. The summed E-state index contributed by atoms with van der Waals surface area (Å²) in [5, 5.41) is 13.0. The minimum atomic E-state index is -1.04. The average molecular weight is 597 g/mol. The Kier molecular flexibility index (Phi) is 13.5. The van der Waals surface area contributed by atoms with Crippen LogP contribution in [0.25, 0.3) is 6.08 Å². The molecular formula is C33H45ClN4O4. The third-order valence-corrected chi connectivity index (χ3v) is 7.63. The van der Waals surface area contributed by atoms with Gasteiger partial charge >= 0.3 is 0 Å². The van der Waals surface area contributed by atoms with Gasteiger partial charge in [-0.15, -0.1) is 0 Å². The zero-order chi connectivity index (χ0) is 30.4. The molecule has 2 aromatic carbocycles. The van der Waals surface area contributed by atoms with Gasteiger partial charge in [0.2, 0.25) is 11.8 Å². The standard InChI is InChI=1S/C33H45ClN4O4/c1-24(2)20-29(36-18-19-42-30-14-5-4-11-26(30)12-9-17-35-3)31(40)38-33(15-6-7-16-33)32(41)37-28(23-39)22-25-10-8-13-27(34)21-25/h4-5,8-14,21,23-24,28-29,35-36H,6-7,15-20,22H2,1-3H3,(H,37,41)(H,38,40)/b12-9+/t28-,29-/m0/s1. The molecule has 1 saturated carbocycles. The van der Waals surface area contributed by atoms with Crippen LogP contribution in [0.2, 0.25) is 5.02 Å². The van der Waals surface area contributed by atoms with Gasteiger partial charge in [-0.2, -0.15) is 0 Å². The lowest BCUT2D eigenvalue weighted by molar-refractivity contribution is -0.135. The van der Waals surface area contributed by atoms with E-state index in [1.807, 2.05) is 55.6 Å². The van der Waals surface area contributed by atoms with Gasteiger partial charge in [0.25, 0.3) is 0 Å². The molecule has 2 aromatic rings. The fourth-order valence-electron chi connectivity index (χ4n) is 5.27. The molecule has 1 fully saturated rings. The molecule has 3 rings (SSSR count). The number of aldehydes is 1. The van der Waals surface area contributed by atoms with E-state index in [-0.39, 0.29) is 17.7 Å². The topological polar surface area (TPSA) is 109 Å². The highest BCUT2D eigenvalue weighted by atomic mass is 35.5. The molecule has 0 radical (unpaired) electrons. The maximum atomic E-state index is 13.6. The molecule has 1 aliphatic carbocycles. The van der Waals surface area contributed by atoms with Crippen LogP contribution in [0, 0.1) is 5.92 Å². The van der Waals surface area contributed by atoms with Crippen LogP contribution in [-0.4, -0.2) is 62.5 Å². The second kappa shape index (κ2) is 17.0. The summed E-state index contributed by atoms with van der Waals surface area (Å²) in [5.41, 5.74) is 0.797. The van der Waals surface area contributed by atoms with E-state index in [1.54, 1.807) is 12.1 Å². The van der Waals surface area contributed by atoms with Crippen LogP contribution in [0.1, 0.15) is 57.1 Å². The Morgan fingerprint density at radius 3 is 2.55 bits per heavy atom. The van der Waals surface area contributed by atoms with Crippen molar-refractivity contribution < 1.29 is 19.1 Å². The van der Waals surface area contributed by atoms with Crippen LogP contribution in [0.4, 0.5) is 0 Å². The van der Waals surface area contributed by atoms with Crippen LogP contribution in [0.15, 0.2) is 54.6 Å². The largest absolute Gasteiger partial charge is 0.492 e. The Balaban J connectivity index is 1.61. The van der Waals surface area contributed by atoms with Gasteiger partial charge in [0.1, 0.15) is 24.2 Å². The van der Waals surface area contributed by atoms with Crippen molar-refractivity contribution in [3.8, 4) is 5.75 Å². The summed E-state index contributed by atoms with van der Waals surface area (Å²) >= 11 is 6.09. The van der Waals surface area contributed by atoms with Crippen LogP contribution < -0.4 is 26.0 Å². The molecule has 0 spiro atoms. The van der Waals surface area contributed by atoms with Crippen LogP contribution >= 0.6 is 11.6 Å². The molecule has 0 saturated heterocycles. The highest BCUT2D eigenvalue weighted by molar-refractivity contribution is 6.30. The quantitative estimate of drug-likeness (QED) is 0.160. The van der Waals surface area contributed by atoms with Gasteiger partial charge in [0.15, 0.2) is 0 Å². The van der Waals surface area contributed by atoms with Crippen molar-refractivity contribution in [1.29, 1.82) is 0 Å². The first-order valence-electron chi connectivity index (χ1n) is 14.9. The van der Waals surface area contributed by atoms with Crippen molar-refractivity contribution in [1.82, 2.24) is 21.3 Å². The van der Waals surface area contributed by atoms with E-state index in [1.165, 1.54) is 0 Å². The van der Waals surface area contributed by atoms with E-state index in [0.717, 1.165) is 42.5 Å². The van der Waals surface area contributed by atoms with E-state index in [4.69, 9.17) is 16.3 Å². The number of hydrogen-bond acceptors (Lipinski definition) is 6. The highest BCUT2D eigenvalue weighted by Gasteiger charge is 2.44. The summed E-state index contributed by atoms with van der Waals surface area (Å²) in [7, 11) is 1.90. The number of amides is 2. The van der Waals surface area contributed by atoms with E-state index in [9.17, 15) is 14.4 Å². The molecule has 0 aliphatic heterocycles. The summed E-state index contributed by atoms with van der Waals surface area (Å²) in [6, 6.07) is 13.8. The van der Waals surface area contributed by atoms with Gasteiger partial charge in [-0.1, -0.05) is 80.8 Å². The summed E-state index contributed by atoms with van der Waals surface area (Å²) in [6.45, 7) is 5.74. The van der Waals surface area contributed by atoms with E-state index >= 15 is 0 Å². The molecule has 1 aliphatic rings. The van der Waals surface area contributed by atoms with Crippen LogP contribution in [0.3, 0.4) is 0 Å². The van der Waals surface area contributed by atoms with Crippen molar-refractivity contribution in [2.45, 2.75) is 70.0 Å². The number of carbonyl (C=O) groups excluding carboxylic acids is 3. The number of benzene rings is 2. The lowest BCUT2D eigenvalue weighted by Crippen LogP contribution is -2.62. The van der Waals surface area contributed by atoms with Crippen LogP contribution in [-0.2, 0) is 20.8 Å². The fraction of sp³-hybridized carbons (Fsp3) is 0.485. The molecule has 0 unspecified atom stereocenters. The molecule has 9 heteroatoms. The molecule has 0 heterocycles. The van der Waals surface area contributed by atoms with Crippen molar-refractivity contribution in [2.24, 2.45) is 5.92 Å². The van der Waals surface area contributed by atoms with E-state index in [0.29, 0.717) is 43.9 Å². The maximum Gasteiger partial charge on any atom is 0.246 e. The normalized spacial score (nSPS) is 15.8. The smallest absolute Gasteiger partial charge is 0.246 e. The molecular weight excluding hydrogens is 552 g/mol. The minimum Gasteiger partial charge on any atom is -0.492 e. The zero-order valence-electron chi connectivity index (χ0n) is 25.0. The summed E-state index contributed by atoms with van der Waals surface area (Å²) in [6.07, 6.45) is 8.44. The first-order chi connectivity index (χ1) is 20.3. The molecule has 2 amide bonds. The molecule has 228 valence electrons. The SMILES string of the molecule is CNC/C=C/c1ccccc1OCCN[C@@H](CC(C)C)C(=O)NC1(C(=O)N[C@H](C=O)Cc2cccc(Cl)c2)CCCC1. The van der Waals surface area contributed by atoms with Gasteiger partial charge < -0.3 is 30.8 Å². The Morgan fingerprint density at radius 2 is 1.86 bits per heavy atom. The number of likely N-dealkylation sites (N-methyl/N-ethyl adjacent to an activating group) is 1. The maximum absolute atomic E-state index is 13.6. The van der Waals surface area contributed by atoms with Gasteiger partial charge in [0, 0.05) is 23.7 Å². The number of para-hydroxylation sites is 1. The van der Waals surface area contributed by atoms with Gasteiger partial charge in [0.05, 0.1) is 12.1 Å². The number of nitrogens with one attached hydrogen (secondary N) is 4. The number of ether oxygens (including phenoxy) is 1. The average Bonchev–Trinajstić information content (AvgIpc) is 3.44. The predicted octanol–water partition coefficient (Wildman–Crippen LogP) is 4.31. The Hall–Kier alpha value is -3.20. The number of carbonyl (C=O) groups is 3. The van der Waals surface area contributed by atoms with Crippen molar-refractivity contribution in [2.75, 3.05) is 26.7 Å². The first kappa shape index (κ1) is 33.3. The Morgan fingerprint density at radius 1 is 1.10 bits per heavy atom. The monoisotopic (exact) mass is 596 g/mol. The van der Waals surface area contributed by atoms with Crippen molar-refractivity contribution >= 4 is 35.8 Å². The summed E-state index contributed by atoms with van der Waals surface area (Å²) < 4.78 is 6.04. The fourth-order valence-corrected chi connectivity index (χ4v) is 5.48. The van der Waals surface area contributed by atoms with E-state index < -0.39 is 17.6 Å². The second-order valence-corrected chi connectivity index (χ2v) is 11.7. The zero-order valence-corrected chi connectivity index (χ0v) is 25.7. The van der Waals surface area contributed by atoms with Gasteiger partial charge in [-0.3, -0.25) is 9.59 Å². The second-order valence-electron chi connectivity index (χ2n) is 11.3. The lowest BCUT2D eigenvalue weighted by atomic mass is 9.93. The number of hydrogen-bond donors (Lipinski definition) is 4. The molecule has 4 N–H and O–H groups in total. The predicted molar refractivity (Wildman–Crippen MR) is 169 cm³/mol. The minimum absolute atomic E-state index is 0.214. The Bertz CT molecular complexity index is 1200. The van der Waals surface area contributed by atoms with Gasteiger partial charge in [-0.05, 0) is 62.4 Å². The first-order valence-corrected chi connectivity index (χ1v) is 15.2. The molecule has 2 atom stereocenters. The molecule has 8 nitrogen and oxygen atoms in total.